The molecule has 0 aliphatic carbocycles. The lowest BCUT2D eigenvalue weighted by atomic mass is 9.94. The fraction of sp³-hybridized carbons (Fsp3) is 0.500. The van der Waals surface area contributed by atoms with Crippen LogP contribution in [0.4, 0.5) is 0 Å². The van der Waals surface area contributed by atoms with E-state index < -0.39 is 0 Å². The molecule has 2 aromatic heterocycles. The number of likely N-dealkylation sites (tertiary alicyclic amines) is 1. The van der Waals surface area contributed by atoms with E-state index in [9.17, 15) is 4.79 Å². The van der Waals surface area contributed by atoms with Crippen LogP contribution < -0.4 is 5.43 Å². The molecule has 4 heteroatoms. The van der Waals surface area contributed by atoms with Crippen molar-refractivity contribution in [3.8, 4) is 0 Å². The van der Waals surface area contributed by atoms with Crippen molar-refractivity contribution in [1.82, 2.24) is 14.3 Å². The molecule has 1 fully saturated rings. The molecule has 0 radical (unpaired) electrons. The van der Waals surface area contributed by atoms with Gasteiger partial charge in [-0.15, -0.1) is 0 Å². The molecule has 1 aliphatic rings. The second kappa shape index (κ2) is 4.61. The third-order valence-electron chi connectivity index (χ3n) is 3.98. The van der Waals surface area contributed by atoms with Crippen LogP contribution in [0.15, 0.2) is 29.3 Å². The van der Waals surface area contributed by atoms with Gasteiger partial charge >= 0.3 is 0 Å². The molecular formula is C14H19N3O. The summed E-state index contributed by atoms with van der Waals surface area (Å²) in [5.74, 6) is 0.600. The topological polar surface area (TPSA) is 40.5 Å². The summed E-state index contributed by atoms with van der Waals surface area (Å²) in [5.41, 5.74) is 2.22. The number of pyridine rings is 1. The number of rotatable bonds is 2. The van der Waals surface area contributed by atoms with E-state index in [0.29, 0.717) is 5.92 Å². The number of nitrogens with zero attached hydrogens (tertiary/aromatic N) is 2. The van der Waals surface area contributed by atoms with E-state index in [1.54, 1.807) is 12.1 Å². The highest BCUT2D eigenvalue weighted by molar-refractivity contribution is 5.40. The zero-order valence-electron chi connectivity index (χ0n) is 10.7. The first-order valence-electron chi connectivity index (χ1n) is 6.69. The van der Waals surface area contributed by atoms with Gasteiger partial charge in [0.25, 0.3) is 0 Å². The Morgan fingerprint density at radius 1 is 1.39 bits per heavy atom. The summed E-state index contributed by atoms with van der Waals surface area (Å²) in [6, 6.07) is 3.26. The fourth-order valence-electron chi connectivity index (χ4n) is 2.80. The molecule has 1 aliphatic heterocycles. The van der Waals surface area contributed by atoms with E-state index in [2.05, 4.69) is 23.0 Å². The quantitative estimate of drug-likeness (QED) is 0.877. The monoisotopic (exact) mass is 245 g/mol. The van der Waals surface area contributed by atoms with Crippen LogP contribution in [0.1, 0.15) is 31.4 Å². The molecule has 1 N–H and O–H groups in total. The largest absolute Gasteiger partial charge is 0.343 e. The number of nitrogens with one attached hydrogen (secondary N) is 1. The van der Waals surface area contributed by atoms with Gasteiger partial charge in [0.2, 0.25) is 0 Å². The van der Waals surface area contributed by atoms with E-state index in [1.807, 2.05) is 10.6 Å². The van der Waals surface area contributed by atoms with Crippen LogP contribution in [-0.4, -0.2) is 33.9 Å². The van der Waals surface area contributed by atoms with Crippen LogP contribution in [0.25, 0.3) is 5.65 Å². The smallest absolute Gasteiger partial charge is 0.183 e. The second-order valence-corrected chi connectivity index (χ2v) is 5.07. The Kier molecular flexibility index (Phi) is 2.96. The van der Waals surface area contributed by atoms with Crippen molar-refractivity contribution in [2.75, 3.05) is 19.6 Å². The van der Waals surface area contributed by atoms with Crippen molar-refractivity contribution < 1.29 is 0 Å². The average molecular weight is 245 g/mol. The van der Waals surface area contributed by atoms with E-state index >= 15 is 0 Å². The van der Waals surface area contributed by atoms with Gasteiger partial charge in [-0.1, -0.05) is 6.92 Å². The number of hydrogen-bond donors (Lipinski definition) is 1. The summed E-state index contributed by atoms with van der Waals surface area (Å²) in [4.78, 5) is 17.2. The van der Waals surface area contributed by atoms with Crippen LogP contribution in [-0.2, 0) is 0 Å². The summed E-state index contributed by atoms with van der Waals surface area (Å²) >= 11 is 0. The Morgan fingerprint density at radius 2 is 2.17 bits per heavy atom. The molecule has 4 nitrogen and oxygen atoms in total. The van der Waals surface area contributed by atoms with Gasteiger partial charge in [0.1, 0.15) is 5.65 Å². The van der Waals surface area contributed by atoms with Crippen molar-refractivity contribution in [3.63, 3.8) is 0 Å². The summed E-state index contributed by atoms with van der Waals surface area (Å²) in [7, 11) is 0. The van der Waals surface area contributed by atoms with Crippen LogP contribution in [0, 0.1) is 0 Å². The highest BCUT2D eigenvalue weighted by Gasteiger charge is 2.20. The van der Waals surface area contributed by atoms with Gasteiger partial charge in [-0.05, 0) is 32.5 Å². The summed E-state index contributed by atoms with van der Waals surface area (Å²) in [6.45, 7) is 5.71. The third-order valence-corrected chi connectivity index (χ3v) is 3.98. The lowest BCUT2D eigenvalue weighted by molar-refractivity contribution is 0.221. The number of hydrogen-bond acceptors (Lipinski definition) is 2. The van der Waals surface area contributed by atoms with Gasteiger partial charge < -0.3 is 14.3 Å². The third kappa shape index (κ3) is 2.08. The van der Waals surface area contributed by atoms with Gasteiger partial charge in [-0.2, -0.15) is 0 Å². The lowest BCUT2D eigenvalue weighted by Crippen LogP contribution is -2.32. The molecular weight excluding hydrogens is 226 g/mol. The maximum absolute atomic E-state index is 11.3. The number of H-pyrrole nitrogens is 1. The number of fused-ring (bicyclic) bond motifs is 1. The molecule has 0 saturated carbocycles. The van der Waals surface area contributed by atoms with Crippen molar-refractivity contribution in [2.45, 2.75) is 25.7 Å². The van der Waals surface area contributed by atoms with Crippen LogP contribution in [0.3, 0.4) is 0 Å². The van der Waals surface area contributed by atoms with Gasteiger partial charge in [0, 0.05) is 36.1 Å². The number of imidazole rings is 1. The van der Waals surface area contributed by atoms with Crippen LogP contribution in [0.5, 0.6) is 0 Å². The lowest BCUT2D eigenvalue weighted by Gasteiger charge is -2.30. The zero-order valence-corrected chi connectivity index (χ0v) is 10.7. The van der Waals surface area contributed by atoms with Crippen molar-refractivity contribution in [2.24, 2.45) is 0 Å². The Bertz CT molecular complexity index is 590. The minimum Gasteiger partial charge on any atom is -0.343 e. The summed E-state index contributed by atoms with van der Waals surface area (Å²) in [5, 5.41) is 0. The zero-order chi connectivity index (χ0) is 12.5. The van der Waals surface area contributed by atoms with Gasteiger partial charge in [0.15, 0.2) is 5.43 Å². The molecule has 3 rings (SSSR count). The SMILES string of the molecule is CCN1CCC(c2cn3ccc(=O)cc3[nH]2)CC1. The Morgan fingerprint density at radius 3 is 2.89 bits per heavy atom. The van der Waals surface area contributed by atoms with Gasteiger partial charge in [-0.25, -0.2) is 0 Å². The minimum absolute atomic E-state index is 0.0594. The van der Waals surface area contributed by atoms with E-state index in [4.69, 9.17) is 0 Å². The highest BCUT2D eigenvalue weighted by atomic mass is 16.1. The Balaban J connectivity index is 1.84. The van der Waals surface area contributed by atoms with E-state index in [1.165, 1.54) is 31.6 Å². The minimum atomic E-state index is 0.0594. The number of aromatic amines is 1. The molecule has 3 heterocycles. The average Bonchev–Trinajstić information content (AvgIpc) is 2.81. The standard InChI is InChI=1S/C14H19N3O/c1-2-16-6-3-11(4-7-16)13-10-17-8-5-12(18)9-14(17)15-13/h5,8-11,15H,2-4,6-7H2,1H3. The highest BCUT2D eigenvalue weighted by Crippen LogP contribution is 2.27. The molecule has 96 valence electrons. The predicted octanol–water partition coefficient (Wildman–Crippen LogP) is 1.83. The number of aromatic nitrogens is 2. The molecule has 0 bridgehead atoms. The first-order valence-corrected chi connectivity index (χ1v) is 6.69. The van der Waals surface area contributed by atoms with Crippen LogP contribution >= 0.6 is 0 Å². The van der Waals surface area contributed by atoms with Gasteiger partial charge in [0.05, 0.1) is 0 Å². The summed E-state index contributed by atoms with van der Waals surface area (Å²) in [6.07, 6.45) is 6.36. The van der Waals surface area contributed by atoms with Crippen molar-refractivity contribution >= 4 is 5.65 Å². The van der Waals surface area contributed by atoms with Crippen molar-refractivity contribution in [1.29, 1.82) is 0 Å². The molecule has 0 unspecified atom stereocenters. The Labute approximate surface area is 106 Å². The number of piperidine rings is 1. The Hall–Kier alpha value is -1.55. The second-order valence-electron chi connectivity index (χ2n) is 5.07. The molecule has 0 amide bonds. The molecule has 0 aromatic carbocycles. The molecule has 1 saturated heterocycles. The normalized spacial score (nSPS) is 18.5. The summed E-state index contributed by atoms with van der Waals surface area (Å²) < 4.78 is 2.00. The molecule has 0 spiro atoms. The van der Waals surface area contributed by atoms with E-state index in [0.717, 1.165) is 12.2 Å². The molecule has 0 atom stereocenters. The maximum Gasteiger partial charge on any atom is 0.183 e. The van der Waals surface area contributed by atoms with Gasteiger partial charge in [-0.3, -0.25) is 4.79 Å². The molecule has 2 aromatic rings. The molecule has 18 heavy (non-hydrogen) atoms. The first-order chi connectivity index (χ1) is 8.76. The maximum atomic E-state index is 11.3. The fourth-order valence-corrected chi connectivity index (χ4v) is 2.80. The first kappa shape index (κ1) is 11.5. The van der Waals surface area contributed by atoms with E-state index in [-0.39, 0.29) is 5.43 Å². The van der Waals surface area contributed by atoms with Crippen molar-refractivity contribution in [3.05, 3.63) is 40.4 Å². The van der Waals surface area contributed by atoms with Crippen LogP contribution in [0.2, 0.25) is 0 Å². The predicted molar refractivity (Wildman–Crippen MR) is 72.1 cm³/mol.